The van der Waals surface area contributed by atoms with E-state index in [1.807, 2.05) is 6.92 Å². The molecule has 0 saturated carbocycles. The van der Waals surface area contributed by atoms with Gasteiger partial charge in [0.1, 0.15) is 0 Å². The Kier molecular flexibility index (Phi) is 7.85. The van der Waals surface area contributed by atoms with Crippen LogP contribution in [0.25, 0.3) is 0 Å². The van der Waals surface area contributed by atoms with Gasteiger partial charge in [0, 0.05) is 12.8 Å². The molecular weight excluding hydrogens is 372 g/mol. The molecule has 0 atom stereocenters. The SMILES string of the molecule is CCCNC(=O)CNC(=O)COC(=O)c1cc(S(C)(=O)=O)ccc1Cl. The molecule has 0 unspecified atom stereocenters. The summed E-state index contributed by atoms with van der Waals surface area (Å²) in [5.74, 6) is -1.97. The maximum absolute atomic E-state index is 12.0. The number of ether oxygens (including phenoxy) is 1. The molecule has 0 spiro atoms. The number of rotatable bonds is 8. The largest absolute Gasteiger partial charge is 0.452 e. The minimum atomic E-state index is -3.52. The van der Waals surface area contributed by atoms with Crippen molar-refractivity contribution in [1.29, 1.82) is 0 Å². The van der Waals surface area contributed by atoms with Crippen molar-refractivity contribution in [2.45, 2.75) is 18.2 Å². The van der Waals surface area contributed by atoms with Crippen molar-refractivity contribution in [1.82, 2.24) is 10.6 Å². The first-order chi connectivity index (χ1) is 11.6. The van der Waals surface area contributed by atoms with Gasteiger partial charge in [-0.3, -0.25) is 9.59 Å². The number of amides is 2. The Morgan fingerprint density at radius 1 is 1.16 bits per heavy atom. The molecule has 0 saturated heterocycles. The van der Waals surface area contributed by atoms with Gasteiger partial charge in [-0.25, -0.2) is 13.2 Å². The number of benzene rings is 1. The lowest BCUT2D eigenvalue weighted by Crippen LogP contribution is -2.38. The number of carbonyl (C=O) groups excluding carboxylic acids is 3. The van der Waals surface area contributed by atoms with Crippen LogP contribution >= 0.6 is 11.6 Å². The minimum Gasteiger partial charge on any atom is -0.452 e. The van der Waals surface area contributed by atoms with Crippen LogP contribution in [0.4, 0.5) is 0 Å². The Hall–Kier alpha value is -2.13. The summed E-state index contributed by atoms with van der Waals surface area (Å²) in [7, 11) is -3.52. The molecule has 8 nitrogen and oxygen atoms in total. The van der Waals surface area contributed by atoms with Gasteiger partial charge in [0.05, 0.1) is 22.0 Å². The lowest BCUT2D eigenvalue weighted by atomic mass is 10.2. The molecule has 2 amide bonds. The fraction of sp³-hybridized carbons (Fsp3) is 0.400. The van der Waals surface area contributed by atoms with Gasteiger partial charge in [-0.2, -0.15) is 0 Å². The van der Waals surface area contributed by atoms with Gasteiger partial charge in [0.25, 0.3) is 5.91 Å². The fourth-order valence-corrected chi connectivity index (χ4v) is 2.50. The summed E-state index contributed by atoms with van der Waals surface area (Å²) in [6.07, 6.45) is 1.76. The van der Waals surface area contributed by atoms with Gasteiger partial charge in [-0.1, -0.05) is 18.5 Å². The summed E-state index contributed by atoms with van der Waals surface area (Å²) in [6, 6.07) is 3.60. The Bertz CT molecular complexity index is 763. The monoisotopic (exact) mass is 390 g/mol. The molecular formula is C15H19ClN2O6S. The number of hydrogen-bond donors (Lipinski definition) is 2. The van der Waals surface area contributed by atoms with Crippen LogP contribution in [0.15, 0.2) is 23.1 Å². The second-order valence-corrected chi connectivity index (χ2v) is 7.54. The molecule has 25 heavy (non-hydrogen) atoms. The van der Waals surface area contributed by atoms with E-state index in [0.29, 0.717) is 6.54 Å². The molecule has 0 heterocycles. The van der Waals surface area contributed by atoms with Gasteiger partial charge >= 0.3 is 5.97 Å². The summed E-state index contributed by atoms with van der Waals surface area (Å²) < 4.78 is 27.8. The Balaban J connectivity index is 2.60. The van der Waals surface area contributed by atoms with Crippen molar-refractivity contribution < 1.29 is 27.5 Å². The molecule has 0 bridgehead atoms. The van der Waals surface area contributed by atoms with Crippen molar-refractivity contribution in [3.63, 3.8) is 0 Å². The zero-order valence-electron chi connectivity index (χ0n) is 13.8. The summed E-state index contributed by atoms with van der Waals surface area (Å²) in [4.78, 5) is 34.8. The van der Waals surface area contributed by atoms with Gasteiger partial charge in [0.15, 0.2) is 16.4 Å². The number of esters is 1. The van der Waals surface area contributed by atoms with Gasteiger partial charge < -0.3 is 15.4 Å². The van der Waals surface area contributed by atoms with E-state index in [2.05, 4.69) is 10.6 Å². The van der Waals surface area contributed by atoms with Gasteiger partial charge in [0.2, 0.25) is 5.91 Å². The van der Waals surface area contributed by atoms with Crippen LogP contribution < -0.4 is 10.6 Å². The molecule has 0 aliphatic carbocycles. The van der Waals surface area contributed by atoms with E-state index in [4.69, 9.17) is 16.3 Å². The maximum Gasteiger partial charge on any atom is 0.340 e. The second-order valence-electron chi connectivity index (χ2n) is 5.12. The van der Waals surface area contributed by atoms with Crippen molar-refractivity contribution >= 4 is 39.2 Å². The highest BCUT2D eigenvalue weighted by Crippen LogP contribution is 2.21. The quantitative estimate of drug-likeness (QED) is 0.625. The van der Waals surface area contributed by atoms with E-state index in [9.17, 15) is 22.8 Å². The first-order valence-corrected chi connectivity index (χ1v) is 9.62. The van der Waals surface area contributed by atoms with Crippen molar-refractivity contribution in [2.75, 3.05) is 26.0 Å². The third-order valence-corrected chi connectivity index (χ3v) is 4.38. The smallest absolute Gasteiger partial charge is 0.340 e. The molecule has 0 aliphatic rings. The number of halogens is 1. The molecule has 0 fully saturated rings. The fourth-order valence-electron chi connectivity index (χ4n) is 1.66. The summed E-state index contributed by atoms with van der Waals surface area (Å²) in [5.41, 5.74) is -0.168. The van der Waals surface area contributed by atoms with Crippen molar-refractivity contribution in [2.24, 2.45) is 0 Å². The van der Waals surface area contributed by atoms with Crippen LogP contribution in [-0.4, -0.2) is 52.2 Å². The van der Waals surface area contributed by atoms with Crippen LogP contribution in [0.2, 0.25) is 5.02 Å². The molecule has 138 valence electrons. The summed E-state index contributed by atoms with van der Waals surface area (Å²) >= 11 is 5.86. The van der Waals surface area contributed by atoms with Crippen LogP contribution in [0, 0.1) is 0 Å². The van der Waals surface area contributed by atoms with Crippen LogP contribution in [-0.2, 0) is 24.2 Å². The highest BCUT2D eigenvalue weighted by molar-refractivity contribution is 7.90. The Morgan fingerprint density at radius 2 is 1.84 bits per heavy atom. The zero-order chi connectivity index (χ0) is 19.0. The average Bonchev–Trinajstić information content (AvgIpc) is 2.55. The topological polar surface area (TPSA) is 119 Å². The predicted molar refractivity (Wildman–Crippen MR) is 91.2 cm³/mol. The molecule has 1 aromatic carbocycles. The Morgan fingerprint density at radius 3 is 2.44 bits per heavy atom. The molecule has 10 heteroatoms. The van der Waals surface area contributed by atoms with Crippen molar-refractivity contribution in [3.8, 4) is 0 Å². The number of carbonyl (C=O) groups is 3. The summed E-state index contributed by atoms with van der Waals surface area (Å²) in [5, 5.41) is 4.86. The molecule has 0 aliphatic heterocycles. The zero-order valence-corrected chi connectivity index (χ0v) is 15.4. The molecule has 0 radical (unpaired) electrons. The highest BCUT2D eigenvalue weighted by Gasteiger charge is 2.17. The van der Waals surface area contributed by atoms with E-state index >= 15 is 0 Å². The van der Waals surface area contributed by atoms with E-state index in [1.54, 1.807) is 0 Å². The summed E-state index contributed by atoms with van der Waals surface area (Å²) in [6.45, 7) is 1.53. The molecule has 1 aromatic rings. The van der Waals surface area contributed by atoms with Crippen LogP contribution in [0.5, 0.6) is 0 Å². The normalized spacial score (nSPS) is 10.8. The average molecular weight is 391 g/mol. The first-order valence-electron chi connectivity index (χ1n) is 7.35. The Labute approximate surface area is 150 Å². The minimum absolute atomic E-state index is 0.00301. The number of hydrogen-bond acceptors (Lipinski definition) is 6. The standard InChI is InChI=1S/C15H19ClN2O6S/c1-3-6-17-13(19)8-18-14(20)9-24-15(21)11-7-10(25(2,22)23)4-5-12(11)16/h4-5,7H,3,6,8-9H2,1-2H3,(H,17,19)(H,18,20). The van der Waals surface area contributed by atoms with Gasteiger partial charge in [-0.15, -0.1) is 0 Å². The first kappa shape index (κ1) is 20.9. The maximum atomic E-state index is 12.0. The highest BCUT2D eigenvalue weighted by atomic mass is 35.5. The van der Waals surface area contributed by atoms with Crippen LogP contribution in [0.3, 0.4) is 0 Å². The lowest BCUT2D eigenvalue weighted by molar-refractivity contribution is -0.127. The molecule has 1 rings (SSSR count). The van der Waals surface area contributed by atoms with E-state index in [-0.39, 0.29) is 27.9 Å². The lowest BCUT2D eigenvalue weighted by Gasteiger charge is -2.08. The third-order valence-electron chi connectivity index (χ3n) is 2.94. The van der Waals surface area contributed by atoms with Crippen LogP contribution in [0.1, 0.15) is 23.7 Å². The second kappa shape index (κ2) is 9.38. The van der Waals surface area contributed by atoms with Gasteiger partial charge in [-0.05, 0) is 24.6 Å². The third kappa shape index (κ3) is 7.10. The molecule has 2 N–H and O–H groups in total. The predicted octanol–water partition coefficient (Wildman–Crippen LogP) is 0.543. The molecule has 0 aromatic heterocycles. The van der Waals surface area contributed by atoms with E-state index in [0.717, 1.165) is 18.7 Å². The van der Waals surface area contributed by atoms with Crippen molar-refractivity contribution in [3.05, 3.63) is 28.8 Å². The van der Waals surface area contributed by atoms with E-state index in [1.165, 1.54) is 12.1 Å². The number of sulfone groups is 1. The van der Waals surface area contributed by atoms with E-state index < -0.39 is 28.3 Å². The number of nitrogens with one attached hydrogen (secondary N) is 2.